The first-order chi connectivity index (χ1) is 15.2. The summed E-state index contributed by atoms with van der Waals surface area (Å²) in [5.41, 5.74) is 2.32. The van der Waals surface area contributed by atoms with Gasteiger partial charge in [-0.25, -0.2) is 9.67 Å². The summed E-state index contributed by atoms with van der Waals surface area (Å²) in [5.74, 6) is 0.919. The minimum atomic E-state index is -0.229. The molecule has 0 aromatic carbocycles. The number of fused-ring (bicyclic) bond motifs is 1. The quantitative estimate of drug-likeness (QED) is 0.585. The fraction of sp³-hybridized carbons (Fsp3) is 0.500. The lowest BCUT2D eigenvalue weighted by Gasteiger charge is -2.27. The highest BCUT2D eigenvalue weighted by atomic mass is 16.5. The van der Waals surface area contributed by atoms with Gasteiger partial charge in [-0.1, -0.05) is 13.8 Å². The average molecular weight is 438 g/mol. The summed E-state index contributed by atoms with van der Waals surface area (Å²) in [6, 6.07) is 3.93. The zero-order valence-electron chi connectivity index (χ0n) is 19.4. The van der Waals surface area contributed by atoms with Crippen molar-refractivity contribution >= 4 is 22.6 Å². The van der Waals surface area contributed by atoms with Crippen molar-refractivity contribution in [3.63, 3.8) is 0 Å². The number of carbonyl (C=O) groups excluding carboxylic acids is 1. The molecule has 0 spiro atoms. The molecule has 0 radical (unpaired) electrons. The number of carbonyl (C=O) groups is 1. The van der Waals surface area contributed by atoms with Crippen LogP contribution in [0.2, 0.25) is 0 Å². The Morgan fingerprint density at radius 1 is 1.25 bits per heavy atom. The Bertz CT molecular complexity index is 1200. The van der Waals surface area contributed by atoms with Crippen LogP contribution < -0.4 is 15.6 Å². The van der Waals surface area contributed by atoms with Crippen LogP contribution in [0.15, 0.2) is 29.3 Å². The van der Waals surface area contributed by atoms with Gasteiger partial charge in [0.2, 0.25) is 5.91 Å². The number of hydrogen-bond donors (Lipinski definition) is 1. The Morgan fingerprint density at radius 2 is 2.00 bits per heavy atom. The van der Waals surface area contributed by atoms with E-state index in [0.717, 1.165) is 29.3 Å². The molecular formula is C24H31N5O3. The molecule has 0 bridgehead atoms. The van der Waals surface area contributed by atoms with E-state index in [4.69, 9.17) is 9.84 Å². The van der Waals surface area contributed by atoms with Gasteiger partial charge in [-0.2, -0.15) is 5.10 Å². The maximum atomic E-state index is 12.9. The second kappa shape index (κ2) is 8.76. The second-order valence-corrected chi connectivity index (χ2v) is 9.24. The lowest BCUT2D eigenvalue weighted by molar-refractivity contribution is -0.114. The molecule has 1 amide bonds. The van der Waals surface area contributed by atoms with E-state index < -0.39 is 0 Å². The van der Waals surface area contributed by atoms with Crippen molar-refractivity contribution in [2.75, 3.05) is 11.9 Å². The van der Waals surface area contributed by atoms with Crippen molar-refractivity contribution in [1.82, 2.24) is 19.3 Å². The van der Waals surface area contributed by atoms with Crippen molar-refractivity contribution in [3.8, 4) is 17.0 Å². The lowest BCUT2D eigenvalue weighted by Crippen LogP contribution is -2.27. The van der Waals surface area contributed by atoms with Gasteiger partial charge in [0.05, 0.1) is 30.1 Å². The summed E-state index contributed by atoms with van der Waals surface area (Å²) >= 11 is 0. The van der Waals surface area contributed by atoms with E-state index in [2.05, 4.69) is 21.1 Å². The maximum Gasteiger partial charge on any atom is 0.309 e. The topological polar surface area (TPSA) is 91.0 Å². The van der Waals surface area contributed by atoms with Crippen molar-refractivity contribution in [2.24, 2.45) is 5.92 Å². The van der Waals surface area contributed by atoms with Gasteiger partial charge in [-0.15, -0.1) is 0 Å². The highest BCUT2D eigenvalue weighted by molar-refractivity contribution is 5.98. The Hall–Kier alpha value is -3.16. The number of hydrogen-bond acceptors (Lipinski definition) is 5. The Kier molecular flexibility index (Phi) is 6.04. The zero-order chi connectivity index (χ0) is 23.0. The standard InChI is InChI=1S/C24H31N5O3/c1-14(2)13-32-22-10-20(27-29(15(3)4)24(22)31)19-12-28(17-7-6-8-17)21-11-25-23(9-18(19)21)26-16(5)30/h9-12,14-15,17H,6-8,13H2,1-5H3,(H,25,26,30). The average Bonchev–Trinajstić information content (AvgIpc) is 3.03. The molecule has 3 heterocycles. The summed E-state index contributed by atoms with van der Waals surface area (Å²) in [5, 5.41) is 8.39. The molecule has 1 N–H and O–H groups in total. The van der Waals surface area contributed by atoms with E-state index in [1.165, 1.54) is 18.0 Å². The van der Waals surface area contributed by atoms with E-state index in [1.54, 1.807) is 12.3 Å². The molecule has 0 saturated heterocycles. The van der Waals surface area contributed by atoms with Crippen molar-refractivity contribution < 1.29 is 9.53 Å². The molecule has 3 aromatic heterocycles. The largest absolute Gasteiger partial charge is 0.488 e. The van der Waals surface area contributed by atoms with Crippen LogP contribution in [0.4, 0.5) is 5.82 Å². The highest BCUT2D eigenvalue weighted by Crippen LogP contribution is 2.39. The molecule has 0 aliphatic heterocycles. The van der Waals surface area contributed by atoms with Crippen LogP contribution in [0.25, 0.3) is 22.2 Å². The third-order valence-corrected chi connectivity index (χ3v) is 5.73. The molecule has 3 aromatic rings. The Labute approximate surface area is 187 Å². The molecule has 1 fully saturated rings. The van der Waals surface area contributed by atoms with E-state index in [0.29, 0.717) is 35.8 Å². The van der Waals surface area contributed by atoms with Crippen molar-refractivity contribution in [2.45, 2.75) is 66.0 Å². The van der Waals surface area contributed by atoms with E-state index in [1.807, 2.05) is 33.8 Å². The van der Waals surface area contributed by atoms with Crippen LogP contribution in [0.5, 0.6) is 5.75 Å². The first kappa shape index (κ1) is 22.0. The van der Waals surface area contributed by atoms with Gasteiger partial charge >= 0.3 is 5.56 Å². The second-order valence-electron chi connectivity index (χ2n) is 9.24. The third-order valence-electron chi connectivity index (χ3n) is 5.73. The van der Waals surface area contributed by atoms with Crippen LogP contribution in [-0.4, -0.2) is 31.8 Å². The third kappa shape index (κ3) is 4.26. The molecule has 32 heavy (non-hydrogen) atoms. The maximum absolute atomic E-state index is 12.9. The van der Waals surface area contributed by atoms with Crippen molar-refractivity contribution in [3.05, 3.63) is 34.9 Å². The van der Waals surface area contributed by atoms with Crippen LogP contribution >= 0.6 is 0 Å². The molecule has 8 heteroatoms. The molecule has 1 saturated carbocycles. The van der Waals surface area contributed by atoms with Crippen LogP contribution in [0.1, 0.15) is 66.0 Å². The number of pyridine rings is 1. The minimum Gasteiger partial charge on any atom is -0.488 e. The first-order valence-corrected chi connectivity index (χ1v) is 11.3. The fourth-order valence-electron chi connectivity index (χ4n) is 3.90. The van der Waals surface area contributed by atoms with Crippen LogP contribution in [0.3, 0.4) is 0 Å². The lowest BCUT2D eigenvalue weighted by atomic mass is 9.93. The van der Waals surface area contributed by atoms with Gasteiger partial charge in [0, 0.05) is 36.2 Å². The minimum absolute atomic E-state index is 0.111. The molecule has 4 rings (SSSR count). The summed E-state index contributed by atoms with van der Waals surface area (Å²) < 4.78 is 9.61. The predicted molar refractivity (Wildman–Crippen MR) is 125 cm³/mol. The summed E-state index contributed by atoms with van der Waals surface area (Å²) in [4.78, 5) is 28.9. The van der Waals surface area contributed by atoms with Crippen LogP contribution in [-0.2, 0) is 4.79 Å². The summed E-state index contributed by atoms with van der Waals surface area (Å²) in [6.07, 6.45) is 7.35. The molecular weight excluding hydrogens is 406 g/mol. The number of aromatic nitrogens is 4. The Balaban J connectivity index is 1.90. The number of anilines is 1. The molecule has 8 nitrogen and oxygen atoms in total. The van der Waals surface area contributed by atoms with Gasteiger partial charge in [-0.3, -0.25) is 9.59 Å². The molecule has 170 valence electrons. The fourth-order valence-corrected chi connectivity index (χ4v) is 3.90. The number of amides is 1. The monoisotopic (exact) mass is 437 g/mol. The van der Waals surface area contributed by atoms with Gasteiger partial charge in [0.25, 0.3) is 0 Å². The SMILES string of the molecule is CC(=O)Nc1cc2c(-c3cc(OCC(C)C)c(=O)n(C(C)C)n3)cn(C3CCC3)c2cn1. The predicted octanol–water partition coefficient (Wildman–Crippen LogP) is 4.56. The van der Waals surface area contributed by atoms with Gasteiger partial charge in [0.1, 0.15) is 5.82 Å². The number of nitrogens with one attached hydrogen (secondary N) is 1. The van der Waals surface area contributed by atoms with E-state index >= 15 is 0 Å². The van der Waals surface area contributed by atoms with Gasteiger partial charge in [-0.05, 0) is 45.1 Å². The van der Waals surface area contributed by atoms with Gasteiger partial charge in [0.15, 0.2) is 5.75 Å². The molecule has 1 aliphatic carbocycles. The first-order valence-electron chi connectivity index (χ1n) is 11.3. The van der Waals surface area contributed by atoms with Crippen LogP contribution in [0, 0.1) is 5.92 Å². The smallest absolute Gasteiger partial charge is 0.309 e. The molecule has 0 atom stereocenters. The van der Waals surface area contributed by atoms with E-state index in [-0.39, 0.29) is 17.5 Å². The summed E-state index contributed by atoms with van der Waals surface area (Å²) in [7, 11) is 0. The number of rotatable bonds is 7. The van der Waals surface area contributed by atoms with Crippen molar-refractivity contribution in [1.29, 1.82) is 0 Å². The zero-order valence-corrected chi connectivity index (χ0v) is 19.4. The molecule has 1 aliphatic rings. The normalized spacial score (nSPS) is 14.2. The number of ether oxygens (including phenoxy) is 1. The Morgan fingerprint density at radius 3 is 2.59 bits per heavy atom. The number of nitrogens with zero attached hydrogens (tertiary/aromatic N) is 4. The van der Waals surface area contributed by atoms with E-state index in [9.17, 15) is 9.59 Å². The van der Waals surface area contributed by atoms with Gasteiger partial charge < -0.3 is 14.6 Å². The highest BCUT2D eigenvalue weighted by Gasteiger charge is 2.24. The summed E-state index contributed by atoms with van der Waals surface area (Å²) in [6.45, 7) is 9.88. The molecule has 0 unspecified atom stereocenters.